The van der Waals surface area contributed by atoms with Crippen molar-refractivity contribution in [1.29, 1.82) is 0 Å². The summed E-state index contributed by atoms with van der Waals surface area (Å²) in [7, 11) is 0. The monoisotopic (exact) mass is 584 g/mol. The van der Waals surface area contributed by atoms with Gasteiger partial charge in [-0.25, -0.2) is 13.8 Å². The Morgan fingerprint density at radius 2 is 1.62 bits per heavy atom. The highest BCUT2D eigenvalue weighted by atomic mass is 19.3. The lowest BCUT2D eigenvalue weighted by molar-refractivity contribution is -0.133. The van der Waals surface area contributed by atoms with Crippen LogP contribution in [-0.4, -0.2) is 114 Å². The summed E-state index contributed by atoms with van der Waals surface area (Å²) in [6.07, 6.45) is -0.873. The third-order valence-corrected chi connectivity index (χ3v) is 8.31. The Balaban J connectivity index is 1.21. The van der Waals surface area contributed by atoms with Gasteiger partial charge in [0.25, 0.3) is 6.43 Å². The normalized spacial score (nSPS) is 19.9. The van der Waals surface area contributed by atoms with E-state index in [1.165, 1.54) is 4.57 Å². The zero-order valence-corrected chi connectivity index (χ0v) is 23.9. The molecule has 3 aliphatic heterocycles. The third kappa shape index (κ3) is 6.32. The van der Waals surface area contributed by atoms with E-state index in [2.05, 4.69) is 20.2 Å². The molecule has 0 spiro atoms. The van der Waals surface area contributed by atoms with Crippen LogP contribution in [0.3, 0.4) is 0 Å². The van der Waals surface area contributed by atoms with Gasteiger partial charge in [0.05, 0.1) is 37.5 Å². The van der Waals surface area contributed by atoms with Gasteiger partial charge in [-0.1, -0.05) is 12.1 Å². The maximum atomic E-state index is 14.2. The van der Waals surface area contributed by atoms with E-state index in [1.54, 1.807) is 37.3 Å². The smallest absolute Gasteiger partial charge is 0.296 e. The molecule has 3 aromatic rings. The molecule has 11 nitrogen and oxygen atoms in total. The SMILES string of the molecule is C[C@H](Nc1nc(N2CCOCC2)cc(-n2c(C(F)F)nc3ccccc32)n1)C(=O)N1CCC(CN2CCOCC2)CC1. The number of alkyl halides is 2. The lowest BCUT2D eigenvalue weighted by Gasteiger charge is -2.37. The standard InChI is InChI=1S/C29H38F2N8O3/c1-20(28(40)38-8-6-21(7-9-38)19-36-10-14-41-15-11-36)32-29-34-24(37-12-16-42-17-13-37)18-25(35-29)39-23-5-3-2-4-22(23)33-27(39)26(30)31/h2-5,18,20-21,26H,6-17,19H2,1H3,(H,32,34,35)/t20-/m0/s1. The summed E-state index contributed by atoms with van der Waals surface area (Å²) in [6.45, 7) is 10.1. The third-order valence-electron chi connectivity index (χ3n) is 8.31. The molecule has 0 aliphatic carbocycles. The van der Waals surface area contributed by atoms with Crippen molar-refractivity contribution in [2.75, 3.05) is 82.5 Å². The number of piperidine rings is 1. The maximum absolute atomic E-state index is 14.2. The lowest BCUT2D eigenvalue weighted by Crippen LogP contribution is -2.47. The van der Waals surface area contributed by atoms with Crippen LogP contribution < -0.4 is 10.2 Å². The first-order chi connectivity index (χ1) is 20.5. The summed E-state index contributed by atoms with van der Waals surface area (Å²) in [5.74, 6) is 1.20. The van der Waals surface area contributed by atoms with Crippen molar-refractivity contribution in [1.82, 2.24) is 29.3 Å². The molecule has 0 unspecified atom stereocenters. The van der Waals surface area contributed by atoms with Crippen LogP contribution >= 0.6 is 0 Å². The Morgan fingerprint density at radius 3 is 2.33 bits per heavy atom. The highest BCUT2D eigenvalue weighted by Crippen LogP contribution is 2.29. The number of likely N-dealkylation sites (tertiary alicyclic amines) is 1. The van der Waals surface area contributed by atoms with E-state index < -0.39 is 18.3 Å². The molecule has 3 saturated heterocycles. The van der Waals surface area contributed by atoms with Crippen molar-refractivity contribution in [2.45, 2.75) is 32.2 Å². The molecule has 0 radical (unpaired) electrons. The summed E-state index contributed by atoms with van der Waals surface area (Å²) < 4.78 is 40.7. The Bertz CT molecular complexity index is 1370. The van der Waals surface area contributed by atoms with Gasteiger partial charge in [0.1, 0.15) is 17.7 Å². The fourth-order valence-corrected chi connectivity index (χ4v) is 6.00. The van der Waals surface area contributed by atoms with Crippen molar-refractivity contribution >= 4 is 28.7 Å². The Kier molecular flexibility index (Phi) is 8.77. The number of benzene rings is 1. The van der Waals surface area contributed by atoms with E-state index in [1.807, 2.05) is 9.80 Å². The molecule has 2 aromatic heterocycles. The second kappa shape index (κ2) is 12.8. The van der Waals surface area contributed by atoms with Gasteiger partial charge in [-0.15, -0.1) is 0 Å². The molecule has 0 saturated carbocycles. The average molecular weight is 585 g/mol. The zero-order chi connectivity index (χ0) is 29.1. The Labute approximate surface area is 243 Å². The minimum absolute atomic E-state index is 0.0249. The summed E-state index contributed by atoms with van der Waals surface area (Å²) in [4.78, 5) is 33.4. The van der Waals surface area contributed by atoms with Gasteiger partial charge >= 0.3 is 0 Å². The number of carbonyl (C=O) groups excluding carboxylic acids is 1. The molecule has 3 aliphatic rings. The Hall–Kier alpha value is -3.42. The number of ether oxygens (including phenoxy) is 2. The minimum Gasteiger partial charge on any atom is -0.379 e. The number of hydrogen-bond donors (Lipinski definition) is 1. The van der Waals surface area contributed by atoms with Crippen molar-refractivity contribution in [3.8, 4) is 5.82 Å². The van der Waals surface area contributed by atoms with E-state index in [4.69, 9.17) is 14.5 Å². The van der Waals surface area contributed by atoms with Gasteiger partial charge in [0.15, 0.2) is 5.82 Å². The van der Waals surface area contributed by atoms with Gasteiger partial charge < -0.3 is 24.6 Å². The average Bonchev–Trinajstić information content (AvgIpc) is 3.42. The van der Waals surface area contributed by atoms with Gasteiger partial charge in [0, 0.05) is 51.9 Å². The fourth-order valence-electron chi connectivity index (χ4n) is 6.00. The van der Waals surface area contributed by atoms with Crippen LogP contribution in [0, 0.1) is 5.92 Å². The number of morpholine rings is 2. The van der Waals surface area contributed by atoms with E-state index in [-0.39, 0.29) is 17.7 Å². The van der Waals surface area contributed by atoms with Crippen molar-refractivity contribution in [3.05, 3.63) is 36.2 Å². The second-order valence-electron chi connectivity index (χ2n) is 11.1. The van der Waals surface area contributed by atoms with E-state index >= 15 is 0 Å². The number of amides is 1. The summed E-state index contributed by atoms with van der Waals surface area (Å²) in [5.41, 5.74) is 0.976. The highest BCUT2D eigenvalue weighted by Gasteiger charge is 2.29. The fraction of sp³-hybridized carbons (Fsp3) is 0.586. The number of imidazole rings is 1. The van der Waals surface area contributed by atoms with Crippen LogP contribution in [0.15, 0.2) is 30.3 Å². The van der Waals surface area contributed by atoms with Crippen LogP contribution in [0.5, 0.6) is 0 Å². The maximum Gasteiger partial charge on any atom is 0.296 e. The quantitative estimate of drug-likeness (QED) is 0.428. The summed E-state index contributed by atoms with van der Waals surface area (Å²) in [5, 5.41) is 3.18. The van der Waals surface area contributed by atoms with Crippen LogP contribution in [0.4, 0.5) is 20.5 Å². The van der Waals surface area contributed by atoms with Gasteiger partial charge in [-0.2, -0.15) is 9.97 Å². The van der Waals surface area contributed by atoms with E-state index in [0.29, 0.717) is 62.2 Å². The van der Waals surface area contributed by atoms with Crippen molar-refractivity contribution < 1.29 is 23.0 Å². The van der Waals surface area contributed by atoms with Crippen molar-refractivity contribution in [3.63, 3.8) is 0 Å². The number of para-hydroxylation sites is 2. The molecule has 1 aromatic carbocycles. The summed E-state index contributed by atoms with van der Waals surface area (Å²) in [6, 6.07) is 8.09. The minimum atomic E-state index is -2.80. The van der Waals surface area contributed by atoms with Gasteiger partial charge in [0.2, 0.25) is 11.9 Å². The molecular weight excluding hydrogens is 546 g/mol. The number of aromatic nitrogens is 4. The Morgan fingerprint density at radius 1 is 0.952 bits per heavy atom. The van der Waals surface area contributed by atoms with E-state index in [0.717, 1.165) is 45.7 Å². The largest absolute Gasteiger partial charge is 0.379 e. The molecule has 42 heavy (non-hydrogen) atoms. The second-order valence-corrected chi connectivity index (χ2v) is 11.1. The lowest BCUT2D eigenvalue weighted by atomic mass is 9.95. The molecule has 6 rings (SSSR count). The van der Waals surface area contributed by atoms with Gasteiger partial charge in [-0.05, 0) is 37.8 Å². The number of nitrogens with one attached hydrogen (secondary N) is 1. The predicted molar refractivity (Wildman–Crippen MR) is 154 cm³/mol. The molecule has 1 amide bonds. The van der Waals surface area contributed by atoms with Crippen LogP contribution in [0.2, 0.25) is 0 Å². The first-order valence-corrected chi connectivity index (χ1v) is 14.8. The first-order valence-electron chi connectivity index (χ1n) is 14.8. The molecule has 1 atom stereocenters. The molecule has 5 heterocycles. The number of fused-ring (bicyclic) bond motifs is 1. The molecule has 1 N–H and O–H groups in total. The van der Waals surface area contributed by atoms with Crippen molar-refractivity contribution in [2.24, 2.45) is 5.92 Å². The molecular formula is C29H38F2N8O3. The van der Waals surface area contributed by atoms with Crippen LogP contribution in [0.1, 0.15) is 32.0 Å². The number of halogens is 2. The molecule has 0 bridgehead atoms. The topological polar surface area (TPSA) is 101 Å². The zero-order valence-electron chi connectivity index (χ0n) is 23.9. The van der Waals surface area contributed by atoms with Gasteiger partial charge in [-0.3, -0.25) is 14.3 Å². The number of carbonyl (C=O) groups is 1. The van der Waals surface area contributed by atoms with Crippen LogP contribution in [-0.2, 0) is 14.3 Å². The number of anilines is 2. The molecule has 13 heteroatoms. The molecule has 3 fully saturated rings. The number of rotatable bonds is 8. The highest BCUT2D eigenvalue weighted by molar-refractivity contribution is 5.84. The number of hydrogen-bond acceptors (Lipinski definition) is 9. The molecule has 226 valence electrons. The van der Waals surface area contributed by atoms with Crippen LogP contribution in [0.25, 0.3) is 16.9 Å². The summed E-state index contributed by atoms with van der Waals surface area (Å²) >= 11 is 0. The predicted octanol–water partition coefficient (Wildman–Crippen LogP) is 2.96. The first kappa shape index (κ1) is 28.7. The van der Waals surface area contributed by atoms with E-state index in [9.17, 15) is 13.6 Å². The number of nitrogens with zero attached hydrogens (tertiary/aromatic N) is 7.